The van der Waals surface area contributed by atoms with Crippen molar-refractivity contribution in [3.05, 3.63) is 64.7 Å². The highest BCUT2D eigenvalue weighted by atomic mass is 35.5. The summed E-state index contributed by atoms with van der Waals surface area (Å²) < 4.78 is 5.40. The van der Waals surface area contributed by atoms with Crippen LogP contribution in [0.3, 0.4) is 0 Å². The Kier molecular flexibility index (Phi) is 7.57. The zero-order valence-electron chi connectivity index (χ0n) is 14.9. The maximum Gasteiger partial charge on any atom is 0.276 e. The molecule has 0 bridgehead atoms. The molecule has 2 aromatic carbocycles. The van der Waals surface area contributed by atoms with Crippen LogP contribution in [0, 0.1) is 0 Å². The Morgan fingerprint density at radius 2 is 1.67 bits per heavy atom. The highest BCUT2D eigenvalue weighted by Crippen LogP contribution is 2.18. The lowest BCUT2D eigenvalue weighted by molar-refractivity contribution is -0.123. The molecule has 0 fully saturated rings. The van der Waals surface area contributed by atoms with Crippen LogP contribution in [-0.2, 0) is 4.79 Å². The average molecular weight is 406 g/mol. The molecule has 0 aliphatic heterocycles. The van der Waals surface area contributed by atoms with Crippen molar-refractivity contribution in [2.45, 2.75) is 19.8 Å². The van der Waals surface area contributed by atoms with Gasteiger partial charge in [0.2, 0.25) is 0 Å². The van der Waals surface area contributed by atoms with Gasteiger partial charge in [-0.25, -0.2) is 0 Å². The molecule has 0 saturated heterocycles. The Bertz CT molecular complexity index is 808. The molecule has 27 heavy (non-hydrogen) atoms. The van der Waals surface area contributed by atoms with Gasteiger partial charge in [0.1, 0.15) is 5.75 Å². The first-order valence-corrected chi connectivity index (χ1v) is 9.02. The summed E-state index contributed by atoms with van der Waals surface area (Å²) in [4.78, 5) is 23.8. The number of hydrazine groups is 1. The summed E-state index contributed by atoms with van der Waals surface area (Å²) in [5.41, 5.74) is 6.39. The zero-order valence-corrected chi connectivity index (χ0v) is 16.5. The van der Waals surface area contributed by atoms with E-state index in [2.05, 4.69) is 30.0 Å². The van der Waals surface area contributed by atoms with E-state index in [-0.39, 0.29) is 11.7 Å². The smallest absolute Gasteiger partial charge is 0.276 e. The van der Waals surface area contributed by atoms with Crippen LogP contribution in [0.4, 0.5) is 0 Å². The van der Waals surface area contributed by atoms with Crippen molar-refractivity contribution in [1.29, 1.82) is 0 Å². The largest absolute Gasteiger partial charge is 0.484 e. The van der Waals surface area contributed by atoms with Gasteiger partial charge in [0, 0.05) is 10.6 Å². The van der Waals surface area contributed by atoms with Crippen molar-refractivity contribution in [1.82, 2.24) is 16.2 Å². The number of hydrogen-bond acceptors (Lipinski definition) is 4. The molecule has 0 spiro atoms. The summed E-state index contributed by atoms with van der Waals surface area (Å²) in [6.07, 6.45) is 0. The predicted octanol–water partition coefficient (Wildman–Crippen LogP) is 3.18. The van der Waals surface area contributed by atoms with Crippen LogP contribution in [0.25, 0.3) is 0 Å². The summed E-state index contributed by atoms with van der Waals surface area (Å²) in [6.45, 7) is 4.01. The van der Waals surface area contributed by atoms with E-state index in [9.17, 15) is 9.59 Å². The number of rotatable bonds is 5. The van der Waals surface area contributed by atoms with E-state index >= 15 is 0 Å². The number of benzene rings is 2. The molecule has 0 aliphatic rings. The van der Waals surface area contributed by atoms with Crippen LogP contribution in [0.5, 0.6) is 5.75 Å². The van der Waals surface area contributed by atoms with Gasteiger partial charge >= 0.3 is 0 Å². The first-order chi connectivity index (χ1) is 12.8. The van der Waals surface area contributed by atoms with E-state index in [1.165, 1.54) is 5.56 Å². The van der Waals surface area contributed by atoms with Gasteiger partial charge in [-0.05, 0) is 60.1 Å². The summed E-state index contributed by atoms with van der Waals surface area (Å²) in [5.74, 6) is 0.162. The molecular weight excluding hydrogens is 386 g/mol. The number of thiocarbonyl (C=S) groups is 1. The fourth-order valence-electron chi connectivity index (χ4n) is 2.07. The minimum absolute atomic E-state index is 0.0374. The molecule has 2 amide bonds. The van der Waals surface area contributed by atoms with Crippen LogP contribution >= 0.6 is 23.8 Å². The lowest BCUT2D eigenvalue weighted by Crippen LogP contribution is -2.49. The quantitative estimate of drug-likeness (QED) is 0.526. The van der Waals surface area contributed by atoms with E-state index in [0.29, 0.717) is 22.3 Å². The molecule has 0 radical (unpaired) electrons. The van der Waals surface area contributed by atoms with E-state index in [0.717, 1.165) is 0 Å². The maximum absolute atomic E-state index is 12.0. The van der Waals surface area contributed by atoms with Crippen molar-refractivity contribution in [2.75, 3.05) is 6.61 Å². The second-order valence-corrected chi connectivity index (χ2v) is 6.82. The van der Waals surface area contributed by atoms with Gasteiger partial charge in [0.25, 0.3) is 11.8 Å². The van der Waals surface area contributed by atoms with Gasteiger partial charge in [-0.15, -0.1) is 0 Å². The van der Waals surface area contributed by atoms with Crippen molar-refractivity contribution in [3.8, 4) is 5.75 Å². The topological polar surface area (TPSA) is 79.5 Å². The summed E-state index contributed by atoms with van der Waals surface area (Å²) in [7, 11) is 0. The van der Waals surface area contributed by atoms with Gasteiger partial charge < -0.3 is 4.74 Å². The molecule has 2 aromatic rings. The van der Waals surface area contributed by atoms with E-state index in [4.69, 9.17) is 28.6 Å². The summed E-state index contributed by atoms with van der Waals surface area (Å²) in [5, 5.41) is 2.93. The lowest BCUT2D eigenvalue weighted by atomic mass is 10.0. The summed E-state index contributed by atoms with van der Waals surface area (Å²) >= 11 is 10.7. The molecule has 0 aromatic heterocycles. The number of hydrogen-bond donors (Lipinski definition) is 3. The average Bonchev–Trinajstić information content (AvgIpc) is 2.65. The molecule has 0 saturated carbocycles. The third-order valence-corrected chi connectivity index (χ3v) is 4.02. The van der Waals surface area contributed by atoms with Crippen LogP contribution < -0.4 is 20.9 Å². The van der Waals surface area contributed by atoms with Crippen molar-refractivity contribution in [2.24, 2.45) is 0 Å². The number of carbonyl (C=O) groups is 2. The Balaban J connectivity index is 1.72. The second kappa shape index (κ2) is 9.89. The summed E-state index contributed by atoms with van der Waals surface area (Å²) in [6, 6.07) is 13.9. The number of carbonyl (C=O) groups excluding carboxylic acids is 2. The standard InChI is InChI=1S/C19H20ClN3O3S/c1-12(2)13-5-9-16(10-6-13)26-11-17(24)22-23-19(27)21-18(25)14-3-7-15(20)8-4-14/h3-10,12H,11H2,1-2H3,(H,22,24)(H2,21,23,25,27). The van der Waals surface area contributed by atoms with E-state index < -0.39 is 11.8 Å². The number of halogens is 1. The van der Waals surface area contributed by atoms with Gasteiger partial charge in [0.05, 0.1) is 0 Å². The van der Waals surface area contributed by atoms with Gasteiger partial charge in [-0.3, -0.25) is 25.8 Å². The fraction of sp³-hybridized carbons (Fsp3) is 0.211. The van der Waals surface area contributed by atoms with Crippen LogP contribution in [-0.4, -0.2) is 23.5 Å². The molecular formula is C19H20ClN3O3S. The molecule has 0 atom stereocenters. The van der Waals surface area contributed by atoms with Crippen molar-refractivity contribution >= 4 is 40.7 Å². The minimum atomic E-state index is -0.439. The SMILES string of the molecule is CC(C)c1ccc(OCC(=O)NNC(=S)NC(=O)c2ccc(Cl)cc2)cc1. The minimum Gasteiger partial charge on any atom is -0.484 e. The maximum atomic E-state index is 12.0. The highest BCUT2D eigenvalue weighted by Gasteiger charge is 2.09. The lowest BCUT2D eigenvalue weighted by Gasteiger charge is -2.12. The third-order valence-electron chi connectivity index (χ3n) is 3.57. The molecule has 0 unspecified atom stereocenters. The highest BCUT2D eigenvalue weighted by molar-refractivity contribution is 7.80. The number of nitrogens with one attached hydrogen (secondary N) is 3. The van der Waals surface area contributed by atoms with Gasteiger partial charge in [-0.2, -0.15) is 0 Å². The molecule has 142 valence electrons. The molecule has 0 heterocycles. The van der Waals surface area contributed by atoms with Crippen LogP contribution in [0.1, 0.15) is 35.7 Å². The Morgan fingerprint density at radius 1 is 1.04 bits per heavy atom. The third kappa shape index (κ3) is 6.88. The predicted molar refractivity (Wildman–Crippen MR) is 109 cm³/mol. The monoisotopic (exact) mass is 405 g/mol. The fourth-order valence-corrected chi connectivity index (χ4v) is 2.34. The van der Waals surface area contributed by atoms with E-state index in [1.807, 2.05) is 24.3 Å². The van der Waals surface area contributed by atoms with Crippen LogP contribution in [0.15, 0.2) is 48.5 Å². The van der Waals surface area contributed by atoms with Gasteiger partial charge in [0.15, 0.2) is 11.7 Å². The van der Waals surface area contributed by atoms with Crippen molar-refractivity contribution in [3.63, 3.8) is 0 Å². The normalized spacial score (nSPS) is 10.2. The van der Waals surface area contributed by atoms with E-state index in [1.54, 1.807) is 24.3 Å². The number of ether oxygens (including phenoxy) is 1. The van der Waals surface area contributed by atoms with Crippen molar-refractivity contribution < 1.29 is 14.3 Å². The molecule has 0 aliphatic carbocycles. The Hall–Kier alpha value is -2.64. The molecule has 6 nitrogen and oxygen atoms in total. The second-order valence-electron chi connectivity index (χ2n) is 5.98. The zero-order chi connectivity index (χ0) is 19.8. The Morgan fingerprint density at radius 3 is 2.26 bits per heavy atom. The van der Waals surface area contributed by atoms with Gasteiger partial charge in [-0.1, -0.05) is 37.6 Å². The first-order valence-electron chi connectivity index (χ1n) is 8.23. The molecule has 2 rings (SSSR count). The molecule has 3 N–H and O–H groups in total. The first kappa shape index (κ1) is 20.7. The Labute approximate surface area is 168 Å². The number of amides is 2. The molecule has 8 heteroatoms. The van der Waals surface area contributed by atoms with Crippen LogP contribution in [0.2, 0.25) is 5.02 Å².